The maximum Gasteiger partial charge on any atom is 0.124 e. The molecule has 47 heavy (non-hydrogen) atoms. The molecule has 0 atom stereocenters. The molecule has 8 aromatic rings. The van der Waals surface area contributed by atoms with Gasteiger partial charge in [-0.25, -0.2) is 0 Å². The Morgan fingerprint density at radius 1 is 0.553 bits per heavy atom. The van der Waals surface area contributed by atoms with Gasteiger partial charge in [0.2, 0.25) is 0 Å². The van der Waals surface area contributed by atoms with Crippen molar-refractivity contribution in [3.8, 4) is 51.0 Å². The average Bonchev–Trinajstić information content (AvgIpc) is 3.36. The van der Waals surface area contributed by atoms with Crippen LogP contribution in [0.1, 0.15) is 23.1 Å². The third-order valence-electron chi connectivity index (χ3n) is 9.58. The van der Waals surface area contributed by atoms with Crippen molar-refractivity contribution in [3.05, 3.63) is 156 Å². The molecular formula is C46H30O. The Balaban J connectivity index is 1.35. The van der Waals surface area contributed by atoms with Crippen molar-refractivity contribution in [2.24, 2.45) is 0 Å². The van der Waals surface area contributed by atoms with Crippen LogP contribution in [0.25, 0.3) is 82.5 Å². The number of allylic oxidation sites excluding steroid dienone is 1. The summed E-state index contributed by atoms with van der Waals surface area (Å²) in [5.41, 5.74) is 10.4. The third kappa shape index (κ3) is 4.42. The number of aryl methyl sites for hydroxylation is 1. The highest BCUT2D eigenvalue weighted by Crippen LogP contribution is 2.47. The maximum atomic E-state index is 11.0. The lowest BCUT2D eigenvalue weighted by atomic mass is 9.82. The summed E-state index contributed by atoms with van der Waals surface area (Å²) in [6.45, 7) is 2.14. The molecule has 1 heteroatoms. The standard InChI is InChI=1S/C46H30O/c1-29-11-9-12-31(25-29)32-23-21-30-22-24-34(27-35(30)26-32)44-38-16-5-7-18-40(38)46(41-19-8-6-17-39(41)44)42-28-33-13-10-20-43(47)45(33)37-15-4-2-3-14-36(37)42/h3,5-14,16-28,47H,2H2,1H3. The van der Waals surface area contributed by atoms with E-state index < -0.39 is 0 Å². The van der Waals surface area contributed by atoms with Crippen LogP contribution >= 0.6 is 0 Å². The number of rotatable bonds is 3. The van der Waals surface area contributed by atoms with Crippen molar-refractivity contribution < 1.29 is 5.11 Å². The van der Waals surface area contributed by atoms with E-state index in [2.05, 4.69) is 152 Å². The van der Waals surface area contributed by atoms with Crippen molar-refractivity contribution in [2.75, 3.05) is 0 Å². The molecule has 1 aliphatic carbocycles. The zero-order valence-electron chi connectivity index (χ0n) is 26.0. The number of hydrogen-bond donors (Lipinski definition) is 1. The molecule has 1 N–H and O–H groups in total. The fraction of sp³-hybridized carbons (Fsp3) is 0.0435. The largest absolute Gasteiger partial charge is 0.507 e. The lowest BCUT2D eigenvalue weighted by Gasteiger charge is -2.20. The molecule has 1 nitrogen and oxygen atoms in total. The first kappa shape index (κ1) is 27.2. The van der Waals surface area contributed by atoms with Crippen molar-refractivity contribution in [3.63, 3.8) is 0 Å². The highest BCUT2D eigenvalue weighted by molar-refractivity contribution is 6.23. The summed E-state index contributed by atoms with van der Waals surface area (Å²) in [5.74, 6) is 6.97. The molecule has 0 amide bonds. The second-order valence-electron chi connectivity index (χ2n) is 12.5. The van der Waals surface area contributed by atoms with Gasteiger partial charge < -0.3 is 5.11 Å². The van der Waals surface area contributed by atoms with E-state index in [0.29, 0.717) is 6.42 Å². The Labute approximate surface area is 274 Å². The summed E-state index contributed by atoms with van der Waals surface area (Å²) in [6.07, 6.45) is 4.99. The summed E-state index contributed by atoms with van der Waals surface area (Å²) in [6, 6.07) is 47.9. The summed E-state index contributed by atoms with van der Waals surface area (Å²) >= 11 is 0. The van der Waals surface area contributed by atoms with Crippen molar-refractivity contribution in [2.45, 2.75) is 13.3 Å². The molecule has 0 unspecified atom stereocenters. The van der Waals surface area contributed by atoms with E-state index in [4.69, 9.17) is 0 Å². The van der Waals surface area contributed by atoms with E-state index in [0.717, 1.165) is 27.5 Å². The number of phenolic OH excluding ortho intramolecular Hbond substituents is 1. The predicted octanol–water partition coefficient (Wildman–Crippen LogP) is 12.1. The van der Waals surface area contributed by atoms with Gasteiger partial charge in [0.1, 0.15) is 5.75 Å². The zero-order chi connectivity index (χ0) is 31.5. The van der Waals surface area contributed by atoms with Gasteiger partial charge in [0.25, 0.3) is 0 Å². The second-order valence-corrected chi connectivity index (χ2v) is 12.5. The first-order chi connectivity index (χ1) is 23.1. The molecule has 0 radical (unpaired) electrons. The SMILES string of the molecule is Cc1cccc(-c2ccc3ccc(-c4c5ccccc5c(-c5cc6cccc(O)c6c6c5C=CCC#C6)c5ccccc45)cc3c2)c1. The van der Waals surface area contributed by atoms with E-state index in [-0.39, 0.29) is 5.75 Å². The van der Waals surface area contributed by atoms with Gasteiger partial charge in [-0.15, -0.1) is 0 Å². The minimum Gasteiger partial charge on any atom is -0.507 e. The average molecular weight is 599 g/mol. The minimum atomic E-state index is 0.266. The monoisotopic (exact) mass is 598 g/mol. The second kappa shape index (κ2) is 10.8. The Morgan fingerprint density at radius 2 is 1.21 bits per heavy atom. The molecule has 9 rings (SSSR count). The van der Waals surface area contributed by atoms with E-state index in [1.165, 1.54) is 65.7 Å². The van der Waals surface area contributed by atoms with Crippen LogP contribution in [0.2, 0.25) is 0 Å². The summed E-state index contributed by atoms with van der Waals surface area (Å²) < 4.78 is 0. The third-order valence-corrected chi connectivity index (χ3v) is 9.58. The normalized spacial score (nSPS) is 12.3. The van der Waals surface area contributed by atoms with Crippen LogP contribution in [0.4, 0.5) is 0 Å². The number of benzene rings is 8. The van der Waals surface area contributed by atoms with Crippen molar-refractivity contribution in [1.29, 1.82) is 0 Å². The molecule has 0 heterocycles. The van der Waals surface area contributed by atoms with E-state index in [1.807, 2.05) is 6.07 Å². The van der Waals surface area contributed by atoms with Crippen LogP contribution in [0, 0.1) is 18.8 Å². The van der Waals surface area contributed by atoms with E-state index in [9.17, 15) is 5.11 Å². The number of aromatic hydroxyl groups is 1. The topological polar surface area (TPSA) is 20.2 Å². The van der Waals surface area contributed by atoms with Crippen molar-refractivity contribution in [1.82, 2.24) is 0 Å². The first-order valence-corrected chi connectivity index (χ1v) is 16.1. The summed E-state index contributed by atoms with van der Waals surface area (Å²) in [5, 5.41) is 20.0. The highest BCUT2D eigenvalue weighted by Gasteiger charge is 2.21. The van der Waals surface area contributed by atoms with Gasteiger partial charge in [-0.1, -0.05) is 139 Å². The zero-order valence-corrected chi connectivity index (χ0v) is 26.0. The van der Waals surface area contributed by atoms with Crippen LogP contribution in [-0.4, -0.2) is 5.11 Å². The molecular weight excluding hydrogens is 569 g/mol. The Kier molecular flexibility index (Phi) is 6.24. The van der Waals surface area contributed by atoms with Gasteiger partial charge >= 0.3 is 0 Å². The Hall–Kier alpha value is -6.10. The molecule has 0 bridgehead atoms. The molecule has 8 aromatic carbocycles. The molecule has 0 fully saturated rings. The minimum absolute atomic E-state index is 0.266. The van der Waals surface area contributed by atoms with Gasteiger partial charge in [-0.3, -0.25) is 0 Å². The van der Waals surface area contributed by atoms with Gasteiger partial charge in [0.15, 0.2) is 0 Å². The Morgan fingerprint density at radius 3 is 1.96 bits per heavy atom. The quantitative estimate of drug-likeness (QED) is 0.158. The summed E-state index contributed by atoms with van der Waals surface area (Å²) in [4.78, 5) is 0. The van der Waals surface area contributed by atoms with E-state index >= 15 is 0 Å². The van der Waals surface area contributed by atoms with Crippen LogP contribution in [0.3, 0.4) is 0 Å². The molecule has 0 spiro atoms. The van der Waals surface area contributed by atoms with Gasteiger partial charge in [0, 0.05) is 17.4 Å². The summed E-state index contributed by atoms with van der Waals surface area (Å²) in [7, 11) is 0. The Bertz CT molecular complexity index is 2620. The number of phenols is 1. The smallest absolute Gasteiger partial charge is 0.124 e. The molecule has 220 valence electrons. The molecule has 0 saturated heterocycles. The number of fused-ring (bicyclic) bond motifs is 6. The van der Waals surface area contributed by atoms with Crippen LogP contribution in [-0.2, 0) is 0 Å². The molecule has 0 saturated carbocycles. The lowest BCUT2D eigenvalue weighted by molar-refractivity contribution is 0.481. The molecule has 0 aliphatic heterocycles. The molecule has 1 aliphatic rings. The lowest BCUT2D eigenvalue weighted by Crippen LogP contribution is -1.95. The fourth-order valence-electron chi connectivity index (χ4n) is 7.47. The van der Waals surface area contributed by atoms with Crippen LogP contribution in [0.5, 0.6) is 5.75 Å². The molecule has 0 aromatic heterocycles. The fourth-order valence-corrected chi connectivity index (χ4v) is 7.47. The van der Waals surface area contributed by atoms with Gasteiger partial charge in [-0.05, 0) is 108 Å². The number of hydrogen-bond acceptors (Lipinski definition) is 1. The maximum absolute atomic E-state index is 11.0. The highest BCUT2D eigenvalue weighted by atomic mass is 16.3. The van der Waals surface area contributed by atoms with Crippen LogP contribution in [0.15, 0.2) is 140 Å². The van der Waals surface area contributed by atoms with Crippen LogP contribution < -0.4 is 0 Å². The first-order valence-electron chi connectivity index (χ1n) is 16.1. The van der Waals surface area contributed by atoms with Gasteiger partial charge in [-0.2, -0.15) is 0 Å². The predicted molar refractivity (Wildman–Crippen MR) is 200 cm³/mol. The van der Waals surface area contributed by atoms with Crippen molar-refractivity contribution >= 4 is 49.2 Å². The van der Waals surface area contributed by atoms with Gasteiger partial charge in [0.05, 0.1) is 0 Å². The van der Waals surface area contributed by atoms with E-state index in [1.54, 1.807) is 6.07 Å².